The van der Waals surface area contributed by atoms with Crippen LogP contribution in [0.3, 0.4) is 0 Å². The van der Waals surface area contributed by atoms with E-state index in [9.17, 15) is 0 Å². The molecule has 13 heavy (non-hydrogen) atoms. The first-order valence-corrected chi connectivity index (χ1v) is 4.88. The van der Waals surface area contributed by atoms with Crippen molar-refractivity contribution in [1.82, 2.24) is 4.98 Å². The van der Waals surface area contributed by atoms with Crippen LogP contribution in [0.2, 0.25) is 0 Å². The van der Waals surface area contributed by atoms with E-state index in [0.717, 1.165) is 16.8 Å². The van der Waals surface area contributed by atoms with Gasteiger partial charge in [-0.3, -0.25) is 4.98 Å². The third-order valence-corrected chi connectivity index (χ3v) is 1.51. The van der Waals surface area contributed by atoms with Gasteiger partial charge in [-0.05, 0) is 25.0 Å². The van der Waals surface area contributed by atoms with Crippen LogP contribution >= 0.6 is 0 Å². The fourth-order valence-electron chi connectivity index (χ4n) is 0.651. The minimum atomic E-state index is 0.773. The highest BCUT2D eigenvalue weighted by Gasteiger charge is 1.93. The standard InChI is InChI=1S/C7H10N2.2C2H6/c1-5-3-9-4-7(8)6(5)2;2*1-2/h3-4H,8H2,1-2H3;2*1-2H3. The molecule has 0 atom stereocenters. The van der Waals surface area contributed by atoms with Gasteiger partial charge in [0.05, 0.1) is 11.9 Å². The third kappa shape index (κ3) is 5.23. The molecule has 0 fully saturated rings. The summed E-state index contributed by atoms with van der Waals surface area (Å²) in [7, 11) is 0. The van der Waals surface area contributed by atoms with Crippen molar-refractivity contribution < 1.29 is 0 Å². The van der Waals surface area contributed by atoms with Crippen LogP contribution in [-0.4, -0.2) is 4.98 Å². The van der Waals surface area contributed by atoms with Crippen molar-refractivity contribution in [3.8, 4) is 0 Å². The molecule has 1 rings (SSSR count). The van der Waals surface area contributed by atoms with Crippen LogP contribution in [0.4, 0.5) is 5.69 Å². The van der Waals surface area contributed by atoms with Crippen LogP contribution in [0.1, 0.15) is 38.8 Å². The summed E-state index contributed by atoms with van der Waals surface area (Å²) in [4.78, 5) is 3.92. The second-order valence-electron chi connectivity index (χ2n) is 2.17. The van der Waals surface area contributed by atoms with E-state index < -0.39 is 0 Å². The molecular weight excluding hydrogens is 160 g/mol. The zero-order valence-corrected chi connectivity index (χ0v) is 9.68. The number of pyridine rings is 1. The topological polar surface area (TPSA) is 38.9 Å². The Balaban J connectivity index is 0. The van der Waals surface area contributed by atoms with Gasteiger partial charge in [0.25, 0.3) is 0 Å². The van der Waals surface area contributed by atoms with Crippen molar-refractivity contribution in [1.29, 1.82) is 0 Å². The summed E-state index contributed by atoms with van der Waals surface area (Å²) in [5.41, 5.74) is 8.61. The molecule has 0 amide bonds. The van der Waals surface area contributed by atoms with E-state index in [1.807, 2.05) is 47.7 Å². The zero-order valence-electron chi connectivity index (χ0n) is 9.68. The highest BCUT2D eigenvalue weighted by atomic mass is 14.7. The van der Waals surface area contributed by atoms with Gasteiger partial charge in [0.15, 0.2) is 0 Å². The summed E-state index contributed by atoms with van der Waals surface area (Å²) in [5.74, 6) is 0. The van der Waals surface area contributed by atoms with Crippen molar-refractivity contribution in [3.63, 3.8) is 0 Å². The summed E-state index contributed by atoms with van der Waals surface area (Å²) in [6.45, 7) is 12.0. The molecule has 2 N–H and O–H groups in total. The van der Waals surface area contributed by atoms with Gasteiger partial charge >= 0.3 is 0 Å². The fourth-order valence-corrected chi connectivity index (χ4v) is 0.651. The van der Waals surface area contributed by atoms with Gasteiger partial charge in [0.2, 0.25) is 0 Å². The number of rotatable bonds is 0. The molecule has 0 unspecified atom stereocenters. The zero-order chi connectivity index (χ0) is 10.9. The normalized spacial score (nSPS) is 7.54. The molecule has 1 heterocycles. The molecule has 0 aromatic carbocycles. The van der Waals surface area contributed by atoms with Crippen LogP contribution in [0.15, 0.2) is 12.4 Å². The molecule has 0 aliphatic carbocycles. The molecule has 0 bridgehead atoms. The van der Waals surface area contributed by atoms with E-state index >= 15 is 0 Å². The lowest BCUT2D eigenvalue weighted by atomic mass is 10.2. The van der Waals surface area contributed by atoms with Crippen molar-refractivity contribution in [3.05, 3.63) is 23.5 Å². The lowest BCUT2D eigenvalue weighted by molar-refractivity contribution is 1.22. The van der Waals surface area contributed by atoms with Gasteiger partial charge in [-0.25, -0.2) is 0 Å². The van der Waals surface area contributed by atoms with Crippen LogP contribution in [-0.2, 0) is 0 Å². The van der Waals surface area contributed by atoms with Crippen LogP contribution in [0.25, 0.3) is 0 Å². The highest BCUT2D eigenvalue weighted by molar-refractivity contribution is 5.46. The second kappa shape index (κ2) is 9.04. The van der Waals surface area contributed by atoms with Gasteiger partial charge in [-0.2, -0.15) is 0 Å². The predicted octanol–water partition coefficient (Wildman–Crippen LogP) is 3.33. The highest BCUT2D eigenvalue weighted by Crippen LogP contribution is 2.10. The van der Waals surface area contributed by atoms with Gasteiger partial charge in [-0.1, -0.05) is 27.7 Å². The van der Waals surface area contributed by atoms with Gasteiger partial charge in [-0.15, -0.1) is 0 Å². The SMILES string of the molecule is CC.CC.Cc1cncc(N)c1C. The molecule has 2 heteroatoms. The first-order valence-electron chi connectivity index (χ1n) is 4.88. The molecule has 0 spiro atoms. The largest absolute Gasteiger partial charge is 0.397 e. The Labute approximate surface area is 82.2 Å². The Bertz CT molecular complexity index is 199. The molecule has 0 radical (unpaired) electrons. The maximum absolute atomic E-state index is 5.56. The van der Waals surface area contributed by atoms with Crippen molar-refractivity contribution in [2.45, 2.75) is 41.5 Å². The van der Waals surface area contributed by atoms with E-state index in [1.165, 1.54) is 0 Å². The number of aromatic nitrogens is 1. The first-order chi connectivity index (χ1) is 6.22. The van der Waals surface area contributed by atoms with E-state index in [4.69, 9.17) is 5.73 Å². The smallest absolute Gasteiger partial charge is 0.0532 e. The van der Waals surface area contributed by atoms with Crippen LogP contribution < -0.4 is 5.73 Å². The molecule has 1 aromatic rings. The van der Waals surface area contributed by atoms with Crippen LogP contribution in [0.5, 0.6) is 0 Å². The lowest BCUT2D eigenvalue weighted by Gasteiger charge is -1.99. The van der Waals surface area contributed by atoms with Gasteiger partial charge in [0.1, 0.15) is 0 Å². The van der Waals surface area contributed by atoms with Crippen LogP contribution in [0, 0.1) is 13.8 Å². The molecule has 2 nitrogen and oxygen atoms in total. The Morgan fingerprint density at radius 3 is 1.77 bits per heavy atom. The third-order valence-electron chi connectivity index (χ3n) is 1.51. The number of hydrogen-bond acceptors (Lipinski definition) is 2. The predicted molar refractivity (Wildman–Crippen MR) is 60.8 cm³/mol. The number of nitrogens with zero attached hydrogens (tertiary/aromatic N) is 1. The minimum Gasteiger partial charge on any atom is -0.397 e. The van der Waals surface area contributed by atoms with Gasteiger partial charge in [0, 0.05) is 6.20 Å². The number of anilines is 1. The molecule has 1 aromatic heterocycles. The summed E-state index contributed by atoms with van der Waals surface area (Å²) in [6.07, 6.45) is 3.48. The van der Waals surface area contributed by atoms with E-state index in [0.29, 0.717) is 0 Å². The molecular formula is C11H22N2. The van der Waals surface area contributed by atoms with Gasteiger partial charge < -0.3 is 5.73 Å². The summed E-state index contributed by atoms with van der Waals surface area (Å²) >= 11 is 0. The van der Waals surface area contributed by atoms with Crippen molar-refractivity contribution >= 4 is 5.69 Å². The fraction of sp³-hybridized carbons (Fsp3) is 0.545. The monoisotopic (exact) mass is 182 g/mol. The summed E-state index contributed by atoms with van der Waals surface area (Å²) in [6, 6.07) is 0. The Morgan fingerprint density at radius 1 is 1.00 bits per heavy atom. The maximum atomic E-state index is 5.56. The number of aryl methyl sites for hydroxylation is 1. The first kappa shape index (κ1) is 14.5. The molecule has 0 saturated carbocycles. The average molecular weight is 182 g/mol. The number of nitrogens with two attached hydrogens (primary N) is 1. The maximum Gasteiger partial charge on any atom is 0.0532 e. The quantitative estimate of drug-likeness (QED) is 0.668. The minimum absolute atomic E-state index is 0.773. The van der Waals surface area contributed by atoms with E-state index in [1.54, 1.807) is 6.20 Å². The molecule has 0 aliphatic rings. The van der Waals surface area contributed by atoms with E-state index in [2.05, 4.69) is 4.98 Å². The molecule has 76 valence electrons. The number of hydrogen-bond donors (Lipinski definition) is 1. The number of nitrogen functional groups attached to an aromatic ring is 1. The lowest BCUT2D eigenvalue weighted by Crippen LogP contribution is -1.92. The second-order valence-corrected chi connectivity index (χ2v) is 2.17. The summed E-state index contributed by atoms with van der Waals surface area (Å²) < 4.78 is 0. The Hall–Kier alpha value is -1.05. The van der Waals surface area contributed by atoms with Crippen molar-refractivity contribution in [2.24, 2.45) is 0 Å². The molecule has 0 aliphatic heterocycles. The van der Waals surface area contributed by atoms with Crippen molar-refractivity contribution in [2.75, 3.05) is 5.73 Å². The summed E-state index contributed by atoms with van der Waals surface area (Å²) in [5, 5.41) is 0. The molecule has 0 saturated heterocycles. The Morgan fingerprint density at radius 2 is 1.46 bits per heavy atom. The Kier molecular flexibility index (Phi) is 10.1. The average Bonchev–Trinajstić information content (AvgIpc) is 2.20. The van der Waals surface area contributed by atoms with E-state index in [-0.39, 0.29) is 0 Å².